The predicted molar refractivity (Wildman–Crippen MR) is 103 cm³/mol. The van der Waals surface area contributed by atoms with E-state index in [2.05, 4.69) is 9.71 Å². The molecule has 1 aromatic carbocycles. The molecule has 1 saturated heterocycles. The third-order valence-corrected chi connectivity index (χ3v) is 6.38. The number of ether oxygens (including phenoxy) is 1. The molecule has 1 N–H and O–H groups in total. The summed E-state index contributed by atoms with van der Waals surface area (Å²) in [5.41, 5.74) is 3.06. The summed E-state index contributed by atoms with van der Waals surface area (Å²) in [7, 11) is -3.29. The Kier molecular flexibility index (Phi) is 6.40. The molecule has 6 heteroatoms. The van der Waals surface area contributed by atoms with E-state index in [4.69, 9.17) is 4.74 Å². The number of sulfonamides is 1. The number of hydrogen-bond donors (Lipinski definition) is 1. The van der Waals surface area contributed by atoms with Crippen LogP contribution < -0.4 is 4.72 Å². The number of aromatic nitrogens is 1. The van der Waals surface area contributed by atoms with Crippen molar-refractivity contribution in [2.75, 3.05) is 19.0 Å². The van der Waals surface area contributed by atoms with Gasteiger partial charge < -0.3 is 4.74 Å². The van der Waals surface area contributed by atoms with Crippen LogP contribution in [-0.2, 0) is 14.8 Å². The maximum atomic E-state index is 12.4. The van der Waals surface area contributed by atoms with Crippen molar-refractivity contribution in [2.24, 2.45) is 5.92 Å². The van der Waals surface area contributed by atoms with Crippen LogP contribution in [0.3, 0.4) is 0 Å². The van der Waals surface area contributed by atoms with Gasteiger partial charge in [-0.1, -0.05) is 30.3 Å². The summed E-state index contributed by atoms with van der Waals surface area (Å²) in [6, 6.07) is 11.6. The summed E-state index contributed by atoms with van der Waals surface area (Å²) in [6.07, 6.45) is 6.18. The highest BCUT2D eigenvalue weighted by Gasteiger charge is 2.20. The molecule has 1 aliphatic rings. The van der Waals surface area contributed by atoms with Crippen LogP contribution in [0, 0.1) is 5.92 Å². The minimum absolute atomic E-state index is 0.176. The Morgan fingerprint density at radius 3 is 2.54 bits per heavy atom. The van der Waals surface area contributed by atoms with Gasteiger partial charge in [0.05, 0.1) is 5.75 Å². The van der Waals surface area contributed by atoms with Crippen LogP contribution >= 0.6 is 0 Å². The van der Waals surface area contributed by atoms with Gasteiger partial charge in [0.2, 0.25) is 10.0 Å². The van der Waals surface area contributed by atoms with Crippen molar-refractivity contribution in [2.45, 2.75) is 32.2 Å². The van der Waals surface area contributed by atoms with Gasteiger partial charge in [-0.05, 0) is 54.9 Å². The second-order valence-corrected chi connectivity index (χ2v) is 8.74. The van der Waals surface area contributed by atoms with Crippen LogP contribution in [0.2, 0.25) is 0 Å². The molecule has 3 rings (SSSR count). The lowest BCUT2D eigenvalue weighted by Crippen LogP contribution is -2.30. The number of nitrogens with zero attached hydrogens (tertiary/aromatic N) is 1. The average molecular weight is 375 g/mol. The highest BCUT2D eigenvalue weighted by atomic mass is 32.2. The first kappa shape index (κ1) is 19.0. The lowest BCUT2D eigenvalue weighted by atomic mass is 9.98. The fourth-order valence-corrected chi connectivity index (χ4v) is 4.69. The zero-order chi connectivity index (χ0) is 18.4. The minimum Gasteiger partial charge on any atom is -0.381 e. The third kappa shape index (κ3) is 5.37. The smallest absolute Gasteiger partial charge is 0.212 e. The predicted octanol–water partition coefficient (Wildman–Crippen LogP) is 3.55. The maximum Gasteiger partial charge on any atom is 0.212 e. The van der Waals surface area contributed by atoms with Crippen molar-refractivity contribution in [1.29, 1.82) is 0 Å². The van der Waals surface area contributed by atoms with Gasteiger partial charge in [0.15, 0.2) is 0 Å². The lowest BCUT2D eigenvalue weighted by Gasteiger charge is -2.22. The number of rotatable bonds is 7. The first-order valence-electron chi connectivity index (χ1n) is 9.11. The molecule has 1 unspecified atom stereocenters. The zero-order valence-electron chi connectivity index (χ0n) is 15.1. The van der Waals surface area contributed by atoms with Crippen molar-refractivity contribution in [3.05, 3.63) is 54.4 Å². The first-order chi connectivity index (χ1) is 12.5. The summed E-state index contributed by atoms with van der Waals surface area (Å²) >= 11 is 0. The van der Waals surface area contributed by atoms with Gasteiger partial charge in [0.1, 0.15) is 0 Å². The van der Waals surface area contributed by atoms with E-state index in [-0.39, 0.29) is 11.8 Å². The van der Waals surface area contributed by atoms with Crippen LogP contribution in [0.15, 0.2) is 48.8 Å². The summed E-state index contributed by atoms with van der Waals surface area (Å²) < 4.78 is 32.9. The van der Waals surface area contributed by atoms with Crippen LogP contribution in [-0.4, -0.2) is 32.4 Å². The molecule has 0 spiro atoms. The number of pyridine rings is 1. The highest BCUT2D eigenvalue weighted by Crippen LogP contribution is 2.22. The van der Waals surface area contributed by atoms with Gasteiger partial charge in [-0.15, -0.1) is 0 Å². The van der Waals surface area contributed by atoms with Crippen LogP contribution in [0.1, 0.15) is 37.8 Å². The molecule has 0 aliphatic carbocycles. The molecule has 26 heavy (non-hydrogen) atoms. The second kappa shape index (κ2) is 8.75. The molecule has 1 atom stereocenters. The fourth-order valence-electron chi connectivity index (χ4n) is 3.25. The van der Waals surface area contributed by atoms with Crippen LogP contribution in [0.25, 0.3) is 11.1 Å². The topological polar surface area (TPSA) is 68.3 Å². The molecule has 0 bridgehead atoms. The molecule has 0 saturated carbocycles. The SMILES string of the molecule is CC(NS(=O)(=O)CCC1CCOCC1)c1ccc(-c2cccnc2)cc1. The quantitative estimate of drug-likeness (QED) is 0.805. The van der Waals surface area contributed by atoms with Gasteiger partial charge in [0.25, 0.3) is 0 Å². The molecule has 2 aromatic rings. The van der Waals surface area contributed by atoms with Gasteiger partial charge in [-0.2, -0.15) is 0 Å². The molecule has 1 aromatic heterocycles. The molecule has 1 fully saturated rings. The Balaban J connectivity index is 1.57. The normalized spacial score (nSPS) is 17.1. The molecule has 140 valence electrons. The fraction of sp³-hybridized carbons (Fsp3) is 0.450. The molecule has 0 radical (unpaired) electrons. The van der Waals surface area contributed by atoms with Crippen LogP contribution in [0.4, 0.5) is 0 Å². The van der Waals surface area contributed by atoms with E-state index in [1.54, 1.807) is 6.20 Å². The van der Waals surface area contributed by atoms with Gasteiger partial charge >= 0.3 is 0 Å². The minimum atomic E-state index is -3.29. The summed E-state index contributed by atoms with van der Waals surface area (Å²) in [6.45, 7) is 3.38. The Morgan fingerprint density at radius 2 is 1.88 bits per heavy atom. The van der Waals surface area contributed by atoms with Crippen molar-refractivity contribution in [3.63, 3.8) is 0 Å². The van der Waals surface area contributed by atoms with Gasteiger partial charge in [-0.3, -0.25) is 4.98 Å². The first-order valence-corrected chi connectivity index (χ1v) is 10.8. The van der Waals surface area contributed by atoms with Crippen molar-refractivity contribution in [1.82, 2.24) is 9.71 Å². The van der Waals surface area contributed by atoms with E-state index in [1.165, 1.54) is 0 Å². The van der Waals surface area contributed by atoms with E-state index >= 15 is 0 Å². The van der Waals surface area contributed by atoms with E-state index in [9.17, 15) is 8.42 Å². The van der Waals surface area contributed by atoms with Crippen LogP contribution in [0.5, 0.6) is 0 Å². The van der Waals surface area contributed by atoms with E-state index in [1.807, 2.05) is 49.5 Å². The highest BCUT2D eigenvalue weighted by molar-refractivity contribution is 7.89. The summed E-state index contributed by atoms with van der Waals surface area (Å²) in [5, 5.41) is 0. The zero-order valence-corrected chi connectivity index (χ0v) is 15.9. The number of hydrogen-bond acceptors (Lipinski definition) is 4. The molecular weight excluding hydrogens is 348 g/mol. The Hall–Kier alpha value is -1.76. The number of nitrogens with one attached hydrogen (secondary N) is 1. The maximum absolute atomic E-state index is 12.4. The lowest BCUT2D eigenvalue weighted by molar-refractivity contribution is 0.0655. The molecule has 2 heterocycles. The van der Waals surface area contributed by atoms with E-state index < -0.39 is 10.0 Å². The molecule has 5 nitrogen and oxygen atoms in total. The Bertz CT molecular complexity index is 786. The monoisotopic (exact) mass is 374 g/mol. The van der Waals surface area contributed by atoms with E-state index in [0.29, 0.717) is 12.3 Å². The van der Waals surface area contributed by atoms with E-state index in [0.717, 1.165) is 42.7 Å². The molecular formula is C20H26N2O3S. The number of benzene rings is 1. The molecule has 0 amide bonds. The van der Waals surface area contributed by atoms with Crippen molar-refractivity contribution >= 4 is 10.0 Å². The van der Waals surface area contributed by atoms with Crippen molar-refractivity contribution < 1.29 is 13.2 Å². The standard InChI is InChI=1S/C20H26N2O3S/c1-16(22-26(23,24)14-10-17-8-12-25-13-9-17)18-4-6-19(7-5-18)20-3-2-11-21-15-20/h2-7,11,15-17,22H,8-10,12-14H2,1H3. The Morgan fingerprint density at radius 1 is 1.15 bits per heavy atom. The average Bonchev–Trinajstić information content (AvgIpc) is 2.68. The summed E-state index contributed by atoms with van der Waals surface area (Å²) in [4.78, 5) is 4.13. The second-order valence-electron chi connectivity index (χ2n) is 6.87. The molecule has 1 aliphatic heterocycles. The third-order valence-electron chi connectivity index (χ3n) is 4.90. The van der Waals surface area contributed by atoms with Gasteiger partial charge in [-0.25, -0.2) is 13.1 Å². The van der Waals surface area contributed by atoms with Crippen molar-refractivity contribution in [3.8, 4) is 11.1 Å². The summed E-state index contributed by atoms with van der Waals surface area (Å²) in [5.74, 6) is 0.630. The largest absolute Gasteiger partial charge is 0.381 e. The Labute approximate surface area is 155 Å². The van der Waals surface area contributed by atoms with Gasteiger partial charge in [0, 0.05) is 31.6 Å².